The van der Waals surface area contributed by atoms with Gasteiger partial charge in [0.1, 0.15) is 5.52 Å². The number of oxazole rings is 1. The maximum Gasteiger partial charge on any atom is 0.199 e. The third kappa shape index (κ3) is 4.16. The number of hydrogen-bond donors (Lipinski definition) is 0. The van der Waals surface area contributed by atoms with Gasteiger partial charge in [-0.1, -0.05) is 97.1 Å². The van der Waals surface area contributed by atoms with Crippen LogP contribution in [0.3, 0.4) is 0 Å². The minimum absolute atomic E-state index is 0. The van der Waals surface area contributed by atoms with Gasteiger partial charge in [0.15, 0.2) is 11.5 Å². The molecule has 4 heteroatoms. The molecule has 5 aromatic rings. The first-order chi connectivity index (χ1) is 14.4. The van der Waals surface area contributed by atoms with E-state index in [1.165, 1.54) is 21.5 Å². The largest absolute Gasteiger partial charge is 0.440 e. The molecule has 4 aromatic carbocycles. The van der Waals surface area contributed by atoms with Gasteiger partial charge in [0, 0.05) is 0 Å². The predicted molar refractivity (Wildman–Crippen MR) is 129 cm³/mol. The fourth-order valence-electron chi connectivity index (χ4n) is 3.62. The number of para-hydroxylation sites is 2. The van der Waals surface area contributed by atoms with E-state index in [0.717, 1.165) is 17.0 Å². The molecule has 0 fully saturated rings. The van der Waals surface area contributed by atoms with Gasteiger partial charge in [-0.2, -0.15) is 0 Å². The molecule has 1 heterocycles. The van der Waals surface area contributed by atoms with Crippen molar-refractivity contribution in [1.82, 2.24) is 4.98 Å². The highest BCUT2D eigenvalue weighted by molar-refractivity contribution is 7.79. The van der Waals surface area contributed by atoms with Crippen molar-refractivity contribution in [2.24, 2.45) is 0 Å². The summed E-state index contributed by atoms with van der Waals surface area (Å²) in [6.07, 6.45) is 0.684. The van der Waals surface area contributed by atoms with Crippen molar-refractivity contribution in [3.63, 3.8) is 0 Å². The van der Waals surface area contributed by atoms with Crippen LogP contribution in [0.25, 0.3) is 11.1 Å². The van der Waals surface area contributed by atoms with E-state index in [1.54, 1.807) is 0 Å². The van der Waals surface area contributed by atoms with E-state index in [4.69, 9.17) is 9.40 Å². The lowest BCUT2D eigenvalue weighted by Crippen LogP contribution is -2.23. The molecular formula is C26H21ClNOP. The molecule has 0 N–H and O–H groups in total. The standard InChI is InChI=1S/C26H20NOP.ClH/c1-3-12-21(13-4-1)29(22-14-5-2-6-15-22)25-18-10-7-11-20(25)19-26-27-23-16-8-9-17-24(23)28-26;/h1-18H,19H2;1H. The summed E-state index contributed by atoms with van der Waals surface area (Å²) in [6.45, 7) is 0. The summed E-state index contributed by atoms with van der Waals surface area (Å²) in [5.41, 5.74) is 3.01. The van der Waals surface area contributed by atoms with Crippen LogP contribution in [-0.2, 0) is 6.42 Å². The van der Waals surface area contributed by atoms with Crippen LogP contribution in [0.15, 0.2) is 114 Å². The number of benzene rings is 4. The molecule has 0 unspecified atom stereocenters. The number of hydrogen-bond acceptors (Lipinski definition) is 2. The SMILES string of the molecule is Cl.c1ccc(P(c2ccccc2)c2ccccc2Cc2nc3ccccc3o2)cc1. The zero-order valence-electron chi connectivity index (χ0n) is 16.3. The van der Waals surface area contributed by atoms with Crippen molar-refractivity contribution in [1.29, 1.82) is 0 Å². The summed E-state index contributed by atoms with van der Waals surface area (Å²) in [4.78, 5) is 4.69. The van der Waals surface area contributed by atoms with Crippen molar-refractivity contribution < 1.29 is 4.42 Å². The normalized spacial score (nSPS) is 10.8. The van der Waals surface area contributed by atoms with Gasteiger partial charge in [-0.15, -0.1) is 12.4 Å². The van der Waals surface area contributed by atoms with Crippen molar-refractivity contribution in [2.75, 3.05) is 0 Å². The smallest absolute Gasteiger partial charge is 0.199 e. The molecule has 0 aliphatic heterocycles. The molecule has 0 spiro atoms. The van der Waals surface area contributed by atoms with Crippen LogP contribution in [0.2, 0.25) is 0 Å². The van der Waals surface area contributed by atoms with E-state index < -0.39 is 7.92 Å². The molecule has 2 nitrogen and oxygen atoms in total. The van der Waals surface area contributed by atoms with E-state index in [1.807, 2.05) is 24.3 Å². The van der Waals surface area contributed by atoms with Crippen LogP contribution in [-0.4, -0.2) is 4.98 Å². The van der Waals surface area contributed by atoms with Gasteiger partial charge < -0.3 is 4.42 Å². The predicted octanol–water partition coefficient (Wildman–Crippen LogP) is 5.60. The number of rotatable bonds is 5. The molecule has 0 saturated carbocycles. The quantitative estimate of drug-likeness (QED) is 0.340. The maximum atomic E-state index is 6.01. The third-order valence-corrected chi connectivity index (χ3v) is 7.49. The minimum atomic E-state index is -0.656. The molecule has 0 aliphatic rings. The Kier molecular flexibility index (Phi) is 6.28. The molecular weight excluding hydrogens is 409 g/mol. The van der Waals surface area contributed by atoms with Gasteiger partial charge in [0.2, 0.25) is 0 Å². The van der Waals surface area contributed by atoms with Gasteiger partial charge in [-0.3, -0.25) is 0 Å². The fraction of sp³-hybridized carbons (Fsp3) is 0.0385. The highest BCUT2D eigenvalue weighted by atomic mass is 35.5. The monoisotopic (exact) mass is 429 g/mol. The Morgan fingerprint density at radius 1 is 0.633 bits per heavy atom. The first-order valence-electron chi connectivity index (χ1n) is 9.71. The second-order valence-electron chi connectivity index (χ2n) is 6.89. The average molecular weight is 430 g/mol. The van der Waals surface area contributed by atoms with E-state index in [-0.39, 0.29) is 12.4 Å². The molecule has 5 rings (SSSR count). The molecule has 30 heavy (non-hydrogen) atoms. The third-order valence-electron chi connectivity index (χ3n) is 4.94. The van der Waals surface area contributed by atoms with Crippen LogP contribution < -0.4 is 15.9 Å². The Morgan fingerprint density at radius 3 is 1.87 bits per heavy atom. The Bertz CT molecular complexity index is 1170. The average Bonchev–Trinajstić information content (AvgIpc) is 3.19. The van der Waals surface area contributed by atoms with Gasteiger partial charge in [0.05, 0.1) is 6.42 Å². The summed E-state index contributed by atoms with van der Waals surface area (Å²) < 4.78 is 6.01. The number of aromatic nitrogens is 1. The summed E-state index contributed by atoms with van der Waals surface area (Å²) >= 11 is 0. The molecule has 0 radical (unpaired) electrons. The molecule has 148 valence electrons. The van der Waals surface area contributed by atoms with Crippen LogP contribution >= 0.6 is 20.3 Å². The zero-order chi connectivity index (χ0) is 19.5. The van der Waals surface area contributed by atoms with Gasteiger partial charge in [-0.25, -0.2) is 4.98 Å². The number of halogens is 1. The Morgan fingerprint density at radius 2 is 1.20 bits per heavy atom. The highest BCUT2D eigenvalue weighted by Crippen LogP contribution is 2.34. The van der Waals surface area contributed by atoms with Crippen LogP contribution in [0.4, 0.5) is 0 Å². The number of fused-ring (bicyclic) bond motifs is 1. The van der Waals surface area contributed by atoms with Crippen LogP contribution in [0, 0.1) is 0 Å². The van der Waals surface area contributed by atoms with E-state index in [9.17, 15) is 0 Å². The van der Waals surface area contributed by atoms with E-state index in [2.05, 4.69) is 84.9 Å². The molecule has 0 amide bonds. The first-order valence-corrected chi connectivity index (χ1v) is 11.1. The summed E-state index contributed by atoms with van der Waals surface area (Å²) in [5.74, 6) is 0.759. The number of nitrogens with zero attached hydrogens (tertiary/aromatic N) is 1. The van der Waals surface area contributed by atoms with Crippen molar-refractivity contribution in [2.45, 2.75) is 6.42 Å². The van der Waals surface area contributed by atoms with Crippen molar-refractivity contribution in [3.05, 3.63) is 121 Å². The molecule has 0 atom stereocenters. The van der Waals surface area contributed by atoms with Gasteiger partial charge in [0.25, 0.3) is 0 Å². The van der Waals surface area contributed by atoms with Gasteiger partial charge in [-0.05, 0) is 41.5 Å². The summed E-state index contributed by atoms with van der Waals surface area (Å²) in [7, 11) is -0.656. The van der Waals surface area contributed by atoms with E-state index in [0.29, 0.717) is 6.42 Å². The second-order valence-corrected chi connectivity index (χ2v) is 9.07. The molecule has 0 bridgehead atoms. The Labute approximate surface area is 183 Å². The minimum Gasteiger partial charge on any atom is -0.440 e. The summed E-state index contributed by atoms with van der Waals surface area (Å²) in [5, 5.41) is 4.04. The molecule has 0 saturated heterocycles. The van der Waals surface area contributed by atoms with Crippen molar-refractivity contribution in [3.8, 4) is 0 Å². The lowest BCUT2D eigenvalue weighted by atomic mass is 10.1. The van der Waals surface area contributed by atoms with Gasteiger partial charge >= 0.3 is 0 Å². The second kappa shape index (κ2) is 9.26. The highest BCUT2D eigenvalue weighted by Gasteiger charge is 2.20. The maximum absolute atomic E-state index is 6.01. The topological polar surface area (TPSA) is 26.0 Å². The first kappa shape index (κ1) is 20.3. The molecule has 0 aliphatic carbocycles. The molecule has 1 aromatic heterocycles. The Balaban J connectivity index is 0.00000218. The summed E-state index contributed by atoms with van der Waals surface area (Å²) in [6, 6.07) is 38.2. The zero-order valence-corrected chi connectivity index (χ0v) is 18.0. The van der Waals surface area contributed by atoms with Crippen molar-refractivity contribution >= 4 is 47.3 Å². The Hall–Kier alpha value is -2.93. The van der Waals surface area contributed by atoms with Crippen LogP contribution in [0.1, 0.15) is 11.5 Å². The lowest BCUT2D eigenvalue weighted by Gasteiger charge is -2.22. The van der Waals surface area contributed by atoms with E-state index >= 15 is 0 Å². The fourth-order valence-corrected chi connectivity index (χ4v) is 6.09. The van der Waals surface area contributed by atoms with Crippen LogP contribution in [0.5, 0.6) is 0 Å². The lowest BCUT2D eigenvalue weighted by molar-refractivity contribution is 0.544.